The van der Waals surface area contributed by atoms with E-state index in [9.17, 15) is 9.50 Å². The molecule has 0 fully saturated rings. The van der Waals surface area contributed by atoms with Gasteiger partial charge in [-0.15, -0.1) is 0 Å². The van der Waals surface area contributed by atoms with Gasteiger partial charge in [0.25, 0.3) is 0 Å². The first-order valence-electron chi connectivity index (χ1n) is 6.16. The Balaban J connectivity index is 2.70. The smallest absolute Gasteiger partial charge is 0.123 e. The Morgan fingerprint density at radius 1 is 1.33 bits per heavy atom. The summed E-state index contributed by atoms with van der Waals surface area (Å²) in [5.74, 6) is -0.278. The van der Waals surface area contributed by atoms with Crippen molar-refractivity contribution in [1.29, 1.82) is 0 Å². The Hall–Kier alpha value is -1.13. The maximum absolute atomic E-state index is 13.1. The van der Waals surface area contributed by atoms with E-state index >= 15 is 0 Å². The number of phenolic OH excluding ortho intramolecular Hbond substituents is 1. The van der Waals surface area contributed by atoms with E-state index in [0.717, 1.165) is 0 Å². The third-order valence-electron chi connectivity index (χ3n) is 3.04. The van der Waals surface area contributed by atoms with Crippen molar-refractivity contribution in [2.24, 2.45) is 5.41 Å². The Morgan fingerprint density at radius 2 is 2.00 bits per heavy atom. The van der Waals surface area contributed by atoms with E-state index in [1.807, 2.05) is 0 Å². The molecule has 0 aliphatic carbocycles. The SMILES string of the molecule is CC(C)(C)C(CCO)NCc1cc(F)ccc1O. The quantitative estimate of drug-likeness (QED) is 0.757. The number of phenols is 1. The molecule has 1 aromatic rings. The van der Waals surface area contributed by atoms with Crippen LogP contribution < -0.4 is 5.32 Å². The Morgan fingerprint density at radius 3 is 2.56 bits per heavy atom. The average Bonchev–Trinajstić information content (AvgIpc) is 2.27. The number of aliphatic hydroxyl groups is 1. The van der Waals surface area contributed by atoms with Gasteiger partial charge in [-0.1, -0.05) is 20.8 Å². The Kier molecular flexibility index (Phi) is 5.11. The van der Waals surface area contributed by atoms with E-state index in [4.69, 9.17) is 5.11 Å². The van der Waals surface area contributed by atoms with Crippen molar-refractivity contribution in [3.8, 4) is 5.75 Å². The zero-order valence-corrected chi connectivity index (χ0v) is 11.2. The summed E-state index contributed by atoms with van der Waals surface area (Å²) in [5.41, 5.74) is 0.522. The van der Waals surface area contributed by atoms with Crippen LogP contribution in [0.5, 0.6) is 5.75 Å². The third-order valence-corrected chi connectivity index (χ3v) is 3.04. The molecule has 102 valence electrons. The highest BCUT2D eigenvalue weighted by atomic mass is 19.1. The molecule has 0 spiro atoms. The van der Waals surface area contributed by atoms with Crippen molar-refractivity contribution in [2.75, 3.05) is 6.61 Å². The highest BCUT2D eigenvalue weighted by Gasteiger charge is 2.23. The first-order valence-corrected chi connectivity index (χ1v) is 6.16. The molecule has 0 saturated heterocycles. The molecular formula is C14H22FNO2. The number of aromatic hydroxyl groups is 1. The van der Waals surface area contributed by atoms with Crippen LogP contribution in [0.25, 0.3) is 0 Å². The number of rotatable bonds is 5. The molecule has 0 amide bonds. The summed E-state index contributed by atoms with van der Waals surface area (Å²) in [4.78, 5) is 0. The lowest BCUT2D eigenvalue weighted by molar-refractivity contribution is 0.196. The van der Waals surface area contributed by atoms with Crippen molar-refractivity contribution in [1.82, 2.24) is 5.32 Å². The van der Waals surface area contributed by atoms with E-state index in [1.54, 1.807) is 0 Å². The molecule has 0 bridgehead atoms. The largest absolute Gasteiger partial charge is 0.508 e. The fourth-order valence-corrected chi connectivity index (χ4v) is 1.90. The predicted molar refractivity (Wildman–Crippen MR) is 69.9 cm³/mol. The number of benzene rings is 1. The average molecular weight is 255 g/mol. The molecule has 1 rings (SSSR count). The predicted octanol–water partition coefficient (Wildman–Crippen LogP) is 2.42. The van der Waals surface area contributed by atoms with Gasteiger partial charge in [0.2, 0.25) is 0 Å². The monoisotopic (exact) mass is 255 g/mol. The van der Waals surface area contributed by atoms with Crippen LogP contribution in [0.3, 0.4) is 0 Å². The second kappa shape index (κ2) is 6.16. The minimum absolute atomic E-state index is 0.00826. The lowest BCUT2D eigenvalue weighted by atomic mass is 9.85. The lowest BCUT2D eigenvalue weighted by Crippen LogP contribution is -2.40. The number of aliphatic hydroxyl groups excluding tert-OH is 1. The highest BCUT2D eigenvalue weighted by molar-refractivity contribution is 5.32. The molecule has 0 heterocycles. The van der Waals surface area contributed by atoms with Gasteiger partial charge in [0.05, 0.1) is 0 Å². The minimum Gasteiger partial charge on any atom is -0.508 e. The van der Waals surface area contributed by atoms with Gasteiger partial charge in [-0.05, 0) is 30.0 Å². The van der Waals surface area contributed by atoms with Crippen LogP contribution in [-0.2, 0) is 6.54 Å². The van der Waals surface area contributed by atoms with Crippen molar-refractivity contribution in [2.45, 2.75) is 39.8 Å². The first-order chi connectivity index (χ1) is 8.34. The van der Waals surface area contributed by atoms with Crippen LogP contribution in [0.2, 0.25) is 0 Å². The van der Waals surface area contributed by atoms with Crippen LogP contribution in [0, 0.1) is 11.2 Å². The van der Waals surface area contributed by atoms with E-state index in [-0.39, 0.29) is 29.6 Å². The fourth-order valence-electron chi connectivity index (χ4n) is 1.90. The molecular weight excluding hydrogens is 233 g/mol. The van der Waals surface area contributed by atoms with Crippen LogP contribution in [0.15, 0.2) is 18.2 Å². The second-order valence-electron chi connectivity index (χ2n) is 5.58. The second-order valence-corrected chi connectivity index (χ2v) is 5.58. The van der Waals surface area contributed by atoms with Crippen LogP contribution >= 0.6 is 0 Å². The van der Waals surface area contributed by atoms with Gasteiger partial charge < -0.3 is 15.5 Å². The molecule has 0 radical (unpaired) electrons. The maximum atomic E-state index is 13.1. The standard InChI is InChI=1S/C14H22FNO2/c1-14(2,3)13(6-7-17)16-9-10-8-11(15)4-5-12(10)18/h4-5,8,13,16-18H,6-7,9H2,1-3H3. The summed E-state index contributed by atoms with van der Waals surface area (Å²) in [6, 6.07) is 4.00. The molecule has 0 aliphatic rings. The zero-order chi connectivity index (χ0) is 13.8. The van der Waals surface area contributed by atoms with Gasteiger partial charge in [0.15, 0.2) is 0 Å². The van der Waals surface area contributed by atoms with Gasteiger partial charge in [0, 0.05) is 24.8 Å². The topological polar surface area (TPSA) is 52.5 Å². The van der Waals surface area contributed by atoms with E-state index < -0.39 is 0 Å². The van der Waals surface area contributed by atoms with Crippen molar-refractivity contribution in [3.63, 3.8) is 0 Å². The van der Waals surface area contributed by atoms with E-state index in [2.05, 4.69) is 26.1 Å². The first kappa shape index (κ1) is 14.9. The van der Waals surface area contributed by atoms with Gasteiger partial charge in [-0.2, -0.15) is 0 Å². The van der Waals surface area contributed by atoms with Crippen molar-refractivity contribution in [3.05, 3.63) is 29.6 Å². The molecule has 3 nitrogen and oxygen atoms in total. The molecule has 0 saturated carbocycles. The summed E-state index contributed by atoms with van der Waals surface area (Å²) in [7, 11) is 0. The number of halogens is 1. The Bertz CT molecular complexity index is 388. The van der Waals surface area contributed by atoms with Gasteiger partial charge in [0.1, 0.15) is 11.6 Å². The van der Waals surface area contributed by atoms with E-state index in [0.29, 0.717) is 18.5 Å². The molecule has 1 unspecified atom stereocenters. The summed E-state index contributed by atoms with van der Waals surface area (Å²) in [6.07, 6.45) is 0.625. The number of hydrogen-bond donors (Lipinski definition) is 3. The molecule has 18 heavy (non-hydrogen) atoms. The summed E-state index contributed by atoms with van der Waals surface area (Å²) < 4.78 is 13.1. The van der Waals surface area contributed by atoms with Gasteiger partial charge in [-0.3, -0.25) is 0 Å². The molecule has 3 N–H and O–H groups in total. The van der Waals surface area contributed by atoms with Crippen LogP contribution in [-0.4, -0.2) is 22.9 Å². The summed E-state index contributed by atoms with van der Waals surface area (Å²) in [6.45, 7) is 6.71. The lowest BCUT2D eigenvalue weighted by Gasteiger charge is -2.31. The summed E-state index contributed by atoms with van der Waals surface area (Å²) in [5, 5.41) is 21.9. The van der Waals surface area contributed by atoms with E-state index in [1.165, 1.54) is 18.2 Å². The molecule has 1 aromatic carbocycles. The van der Waals surface area contributed by atoms with Gasteiger partial charge >= 0.3 is 0 Å². The minimum atomic E-state index is -0.362. The Labute approximate surface area is 108 Å². The third kappa shape index (κ3) is 4.27. The highest BCUT2D eigenvalue weighted by Crippen LogP contribution is 2.23. The maximum Gasteiger partial charge on any atom is 0.123 e. The van der Waals surface area contributed by atoms with Gasteiger partial charge in [-0.25, -0.2) is 4.39 Å². The number of hydrogen-bond acceptors (Lipinski definition) is 3. The number of nitrogens with one attached hydrogen (secondary N) is 1. The zero-order valence-electron chi connectivity index (χ0n) is 11.2. The molecule has 4 heteroatoms. The summed E-state index contributed by atoms with van der Waals surface area (Å²) >= 11 is 0. The van der Waals surface area contributed by atoms with Crippen LogP contribution in [0.1, 0.15) is 32.8 Å². The fraction of sp³-hybridized carbons (Fsp3) is 0.571. The molecule has 0 aromatic heterocycles. The van der Waals surface area contributed by atoms with Crippen molar-refractivity contribution < 1.29 is 14.6 Å². The molecule has 1 atom stereocenters. The molecule has 0 aliphatic heterocycles. The van der Waals surface area contributed by atoms with Crippen LogP contribution in [0.4, 0.5) is 4.39 Å². The van der Waals surface area contributed by atoms with Crippen molar-refractivity contribution >= 4 is 0 Å². The normalized spacial score (nSPS) is 13.6.